The summed E-state index contributed by atoms with van der Waals surface area (Å²) in [5.74, 6) is -0.195. The van der Waals surface area contributed by atoms with Gasteiger partial charge in [-0.05, 0) is 46.8 Å². The molecule has 4 rings (SSSR count). The van der Waals surface area contributed by atoms with Crippen LogP contribution in [0.1, 0.15) is 23.3 Å². The molecule has 3 fully saturated rings. The second-order valence-corrected chi connectivity index (χ2v) is 5.86. The molecular formula is C12H12BrN3O2. The Kier molecular flexibility index (Phi) is 2.45. The van der Waals surface area contributed by atoms with Crippen molar-refractivity contribution in [3.05, 3.63) is 28.5 Å². The Morgan fingerprint density at radius 1 is 1.44 bits per heavy atom. The third-order valence-corrected chi connectivity index (χ3v) is 4.33. The monoisotopic (exact) mass is 309 g/mol. The average Bonchev–Trinajstić information content (AvgIpc) is 2.84. The van der Waals surface area contributed by atoms with E-state index in [1.54, 1.807) is 23.2 Å². The van der Waals surface area contributed by atoms with Gasteiger partial charge in [-0.25, -0.2) is 4.98 Å². The van der Waals surface area contributed by atoms with E-state index in [2.05, 4.69) is 20.9 Å². The van der Waals surface area contributed by atoms with Crippen molar-refractivity contribution in [2.75, 3.05) is 6.54 Å². The number of nitrogens with two attached hydrogens (primary N) is 1. The van der Waals surface area contributed by atoms with Gasteiger partial charge in [-0.3, -0.25) is 9.59 Å². The Morgan fingerprint density at radius 3 is 2.72 bits per heavy atom. The summed E-state index contributed by atoms with van der Waals surface area (Å²) in [5.41, 5.74) is 5.04. The van der Waals surface area contributed by atoms with Crippen molar-refractivity contribution in [3.63, 3.8) is 0 Å². The van der Waals surface area contributed by atoms with Crippen LogP contribution in [0.3, 0.4) is 0 Å². The lowest BCUT2D eigenvalue weighted by molar-refractivity contribution is -0.129. The van der Waals surface area contributed by atoms with Crippen LogP contribution in [-0.4, -0.2) is 33.8 Å². The standard InChI is InChI=1S/C12H12BrN3O2/c13-8-1-2-9(15-5-8)10(17)16-6-7-3-12(16,4-7)11(14)18/h1-2,5,7H,3-4,6H2,(H2,14,18). The third kappa shape index (κ3) is 1.48. The van der Waals surface area contributed by atoms with Gasteiger partial charge in [-0.1, -0.05) is 0 Å². The lowest BCUT2D eigenvalue weighted by Gasteiger charge is -2.38. The molecule has 0 spiro atoms. The molecule has 2 bridgehead atoms. The Hall–Kier alpha value is -1.43. The number of pyridine rings is 1. The predicted octanol–water partition coefficient (Wildman–Crippen LogP) is 0.934. The molecule has 0 aromatic carbocycles. The van der Waals surface area contributed by atoms with Gasteiger partial charge in [0.15, 0.2) is 0 Å². The predicted molar refractivity (Wildman–Crippen MR) is 67.6 cm³/mol. The number of aromatic nitrogens is 1. The van der Waals surface area contributed by atoms with Gasteiger partial charge in [0.25, 0.3) is 5.91 Å². The van der Waals surface area contributed by atoms with E-state index in [1.807, 2.05) is 0 Å². The fourth-order valence-corrected chi connectivity index (χ4v) is 3.16. The fourth-order valence-electron chi connectivity index (χ4n) is 2.93. The number of hydrogen-bond acceptors (Lipinski definition) is 3. The summed E-state index contributed by atoms with van der Waals surface area (Å²) in [6.45, 7) is 0.611. The number of fused-ring (bicyclic) bond motifs is 1. The second kappa shape index (κ2) is 3.78. The van der Waals surface area contributed by atoms with Gasteiger partial charge in [-0.15, -0.1) is 0 Å². The second-order valence-electron chi connectivity index (χ2n) is 4.95. The van der Waals surface area contributed by atoms with Gasteiger partial charge in [0.1, 0.15) is 11.2 Å². The van der Waals surface area contributed by atoms with Crippen LogP contribution in [0.5, 0.6) is 0 Å². The van der Waals surface area contributed by atoms with Gasteiger partial charge >= 0.3 is 0 Å². The number of amides is 2. The van der Waals surface area contributed by atoms with Crippen molar-refractivity contribution in [1.29, 1.82) is 0 Å². The molecule has 3 aliphatic rings. The summed E-state index contributed by atoms with van der Waals surface area (Å²) in [5, 5.41) is 0. The highest BCUT2D eigenvalue weighted by Gasteiger charge is 2.61. The van der Waals surface area contributed by atoms with Crippen molar-refractivity contribution in [1.82, 2.24) is 9.88 Å². The van der Waals surface area contributed by atoms with Gasteiger partial charge < -0.3 is 10.6 Å². The largest absolute Gasteiger partial charge is 0.368 e. The minimum absolute atomic E-state index is 0.207. The zero-order valence-corrected chi connectivity index (χ0v) is 11.2. The maximum atomic E-state index is 12.3. The smallest absolute Gasteiger partial charge is 0.273 e. The molecule has 94 valence electrons. The number of hydrogen-bond donors (Lipinski definition) is 1. The van der Waals surface area contributed by atoms with E-state index in [0.29, 0.717) is 31.0 Å². The summed E-state index contributed by atoms with van der Waals surface area (Å²) in [7, 11) is 0. The third-order valence-electron chi connectivity index (χ3n) is 3.86. The van der Waals surface area contributed by atoms with Crippen molar-refractivity contribution in [2.45, 2.75) is 18.4 Å². The Labute approximate surface area is 112 Å². The summed E-state index contributed by atoms with van der Waals surface area (Å²) in [4.78, 5) is 29.6. The quantitative estimate of drug-likeness (QED) is 0.883. The SMILES string of the molecule is NC(=O)C12CC(CN1C(=O)c1ccc(Br)cn1)C2. The van der Waals surface area contributed by atoms with E-state index in [-0.39, 0.29) is 5.91 Å². The lowest BCUT2D eigenvalue weighted by atomic mass is 9.73. The van der Waals surface area contributed by atoms with E-state index < -0.39 is 11.4 Å². The first kappa shape index (κ1) is 11.6. The molecule has 0 radical (unpaired) electrons. The Bertz CT molecular complexity index is 523. The molecule has 1 aromatic heterocycles. The molecule has 2 N–H and O–H groups in total. The highest BCUT2D eigenvalue weighted by molar-refractivity contribution is 9.10. The number of carbonyl (C=O) groups excluding carboxylic acids is 2. The van der Waals surface area contributed by atoms with Crippen LogP contribution in [0.15, 0.2) is 22.8 Å². The van der Waals surface area contributed by atoms with Crippen LogP contribution in [0.4, 0.5) is 0 Å². The molecule has 0 unspecified atom stereocenters. The highest BCUT2D eigenvalue weighted by atomic mass is 79.9. The maximum absolute atomic E-state index is 12.3. The topological polar surface area (TPSA) is 76.3 Å². The molecule has 3 heterocycles. The number of carbonyl (C=O) groups is 2. The Morgan fingerprint density at radius 2 is 2.17 bits per heavy atom. The van der Waals surface area contributed by atoms with Crippen LogP contribution in [0.2, 0.25) is 0 Å². The summed E-state index contributed by atoms with van der Waals surface area (Å²) >= 11 is 3.27. The first-order valence-electron chi connectivity index (χ1n) is 5.76. The first-order chi connectivity index (χ1) is 8.53. The summed E-state index contributed by atoms with van der Waals surface area (Å²) in [6.07, 6.45) is 2.97. The molecule has 6 heteroatoms. The average molecular weight is 310 g/mol. The molecule has 2 amide bonds. The van der Waals surface area contributed by atoms with Crippen LogP contribution < -0.4 is 5.73 Å². The molecule has 1 aromatic rings. The number of primary amides is 1. The van der Waals surface area contributed by atoms with E-state index in [4.69, 9.17) is 5.73 Å². The van der Waals surface area contributed by atoms with Gasteiger partial charge in [-0.2, -0.15) is 0 Å². The molecule has 1 aliphatic carbocycles. The molecule has 1 saturated carbocycles. The fraction of sp³-hybridized carbons (Fsp3) is 0.417. The molecular weight excluding hydrogens is 298 g/mol. The summed E-state index contributed by atoms with van der Waals surface area (Å²) < 4.78 is 0.814. The van der Waals surface area contributed by atoms with Crippen molar-refractivity contribution in [3.8, 4) is 0 Å². The molecule has 0 atom stereocenters. The zero-order valence-electron chi connectivity index (χ0n) is 9.60. The van der Waals surface area contributed by atoms with E-state index in [9.17, 15) is 9.59 Å². The van der Waals surface area contributed by atoms with Crippen LogP contribution in [-0.2, 0) is 4.79 Å². The van der Waals surface area contributed by atoms with Crippen LogP contribution in [0.25, 0.3) is 0 Å². The van der Waals surface area contributed by atoms with Crippen molar-refractivity contribution < 1.29 is 9.59 Å². The maximum Gasteiger partial charge on any atom is 0.273 e. The first-order valence-corrected chi connectivity index (χ1v) is 6.56. The van der Waals surface area contributed by atoms with E-state index in [0.717, 1.165) is 4.47 Å². The lowest BCUT2D eigenvalue weighted by Crippen LogP contribution is -2.57. The molecule has 2 aliphatic heterocycles. The normalized spacial score (nSPS) is 28.9. The van der Waals surface area contributed by atoms with Gasteiger partial charge in [0, 0.05) is 17.2 Å². The van der Waals surface area contributed by atoms with Gasteiger partial charge in [0.05, 0.1) is 0 Å². The highest BCUT2D eigenvalue weighted by Crippen LogP contribution is 2.50. The van der Waals surface area contributed by atoms with E-state index >= 15 is 0 Å². The number of nitrogens with zero attached hydrogens (tertiary/aromatic N) is 2. The zero-order chi connectivity index (χ0) is 12.9. The molecule has 2 saturated heterocycles. The Balaban J connectivity index is 1.89. The molecule has 5 nitrogen and oxygen atoms in total. The minimum atomic E-state index is -0.753. The summed E-state index contributed by atoms with van der Waals surface area (Å²) in [6, 6.07) is 3.41. The van der Waals surface area contributed by atoms with E-state index in [1.165, 1.54) is 0 Å². The van der Waals surface area contributed by atoms with Crippen molar-refractivity contribution >= 4 is 27.7 Å². The van der Waals surface area contributed by atoms with Crippen LogP contribution in [0, 0.1) is 5.92 Å². The van der Waals surface area contributed by atoms with Crippen molar-refractivity contribution in [2.24, 2.45) is 11.7 Å². The molecule has 18 heavy (non-hydrogen) atoms. The van der Waals surface area contributed by atoms with Gasteiger partial charge in [0.2, 0.25) is 5.91 Å². The number of rotatable bonds is 2. The number of halogens is 1. The van der Waals surface area contributed by atoms with Crippen LogP contribution >= 0.6 is 15.9 Å². The minimum Gasteiger partial charge on any atom is -0.368 e.